The molecule has 0 radical (unpaired) electrons. The second-order valence-electron chi connectivity index (χ2n) is 7.50. The van der Waals surface area contributed by atoms with Gasteiger partial charge in [0, 0.05) is 38.8 Å². The Balaban J connectivity index is 1.56. The van der Waals surface area contributed by atoms with E-state index in [0.29, 0.717) is 19.1 Å². The van der Waals surface area contributed by atoms with Crippen LogP contribution in [0.2, 0.25) is 0 Å². The molecular weight excluding hydrogens is 366 g/mol. The topological polar surface area (TPSA) is 60.4 Å². The van der Waals surface area contributed by atoms with Gasteiger partial charge >= 0.3 is 0 Å². The molecule has 2 aliphatic rings. The van der Waals surface area contributed by atoms with Crippen molar-refractivity contribution < 1.29 is 9.53 Å². The molecule has 0 aliphatic carbocycles. The van der Waals surface area contributed by atoms with Crippen LogP contribution in [0.15, 0.2) is 29.3 Å². The number of ether oxygens (including phenoxy) is 1. The molecule has 1 unspecified atom stereocenters. The van der Waals surface area contributed by atoms with Crippen LogP contribution in [0.5, 0.6) is 5.75 Å². The Morgan fingerprint density at radius 2 is 2.07 bits per heavy atom. The van der Waals surface area contributed by atoms with Crippen molar-refractivity contribution in [2.24, 2.45) is 4.99 Å². The predicted molar refractivity (Wildman–Crippen MR) is 118 cm³/mol. The number of amides is 1. The molecule has 0 bridgehead atoms. The summed E-state index contributed by atoms with van der Waals surface area (Å²) in [5, 5.41) is 3.44. The van der Waals surface area contributed by atoms with Gasteiger partial charge in [-0.3, -0.25) is 14.7 Å². The van der Waals surface area contributed by atoms with Crippen molar-refractivity contribution >= 4 is 17.6 Å². The van der Waals surface area contributed by atoms with Crippen molar-refractivity contribution in [1.29, 1.82) is 0 Å². The molecule has 160 valence electrons. The Hall–Kier alpha value is -2.28. The molecule has 7 nitrogen and oxygen atoms in total. The van der Waals surface area contributed by atoms with E-state index in [1.165, 1.54) is 6.42 Å². The van der Waals surface area contributed by atoms with E-state index >= 15 is 0 Å². The molecule has 1 N–H and O–H groups in total. The zero-order chi connectivity index (χ0) is 20.6. The van der Waals surface area contributed by atoms with E-state index in [9.17, 15) is 4.79 Å². The number of rotatable bonds is 8. The van der Waals surface area contributed by atoms with Gasteiger partial charge in [0.15, 0.2) is 12.6 Å². The second kappa shape index (κ2) is 10.5. The monoisotopic (exact) mass is 401 g/mol. The van der Waals surface area contributed by atoms with Crippen molar-refractivity contribution in [2.75, 3.05) is 57.3 Å². The summed E-state index contributed by atoms with van der Waals surface area (Å²) in [5.41, 5.74) is 0.862. The highest BCUT2D eigenvalue weighted by Crippen LogP contribution is 2.31. The zero-order valence-electron chi connectivity index (χ0n) is 18.1. The average molecular weight is 402 g/mol. The first-order valence-electron chi connectivity index (χ1n) is 11.0. The highest BCUT2D eigenvalue weighted by molar-refractivity contribution is 5.97. The van der Waals surface area contributed by atoms with Gasteiger partial charge in [-0.2, -0.15) is 0 Å². The molecule has 2 heterocycles. The fourth-order valence-corrected chi connectivity index (χ4v) is 4.21. The lowest BCUT2D eigenvalue weighted by Gasteiger charge is -2.29. The number of likely N-dealkylation sites (N-methyl/N-ethyl adjacent to an activating group) is 1. The molecule has 0 saturated carbocycles. The zero-order valence-corrected chi connectivity index (χ0v) is 18.1. The lowest BCUT2D eigenvalue weighted by Crippen LogP contribution is -2.43. The molecule has 1 amide bonds. The van der Waals surface area contributed by atoms with Crippen LogP contribution in [0.3, 0.4) is 0 Å². The van der Waals surface area contributed by atoms with Crippen molar-refractivity contribution in [3.05, 3.63) is 24.3 Å². The Labute approximate surface area is 174 Å². The van der Waals surface area contributed by atoms with Crippen LogP contribution in [0.1, 0.15) is 33.6 Å². The molecule has 3 rings (SSSR count). The molecule has 0 aromatic heterocycles. The van der Waals surface area contributed by atoms with Crippen LogP contribution in [0.25, 0.3) is 0 Å². The number of anilines is 1. The standard InChI is InChI=1S/C22H35N5O2/c1-4-23-22(26-15-12-18(16-26)25(5-2)6-3)24-13-9-14-27-19-10-7-8-11-20(19)29-17-21(27)28/h7-8,10-11,18H,4-6,9,12-17H2,1-3H3,(H,23,24). The van der Waals surface area contributed by atoms with Gasteiger partial charge in [0.25, 0.3) is 5.91 Å². The van der Waals surface area contributed by atoms with Crippen molar-refractivity contribution in [1.82, 2.24) is 15.1 Å². The number of hydrogen-bond donors (Lipinski definition) is 1. The molecular formula is C22H35N5O2. The number of guanidine groups is 1. The van der Waals surface area contributed by atoms with Crippen molar-refractivity contribution in [2.45, 2.75) is 39.7 Å². The molecule has 7 heteroatoms. The van der Waals surface area contributed by atoms with Crippen molar-refractivity contribution in [3.8, 4) is 5.75 Å². The Morgan fingerprint density at radius 3 is 2.83 bits per heavy atom. The van der Waals surface area contributed by atoms with E-state index < -0.39 is 0 Å². The molecule has 29 heavy (non-hydrogen) atoms. The molecule has 0 spiro atoms. The number of nitrogens with one attached hydrogen (secondary N) is 1. The molecule has 1 atom stereocenters. The third-order valence-corrected chi connectivity index (χ3v) is 5.74. The first-order chi connectivity index (χ1) is 14.2. The average Bonchev–Trinajstić information content (AvgIpc) is 3.22. The number of para-hydroxylation sites is 2. The van der Waals surface area contributed by atoms with Crippen LogP contribution in [-0.2, 0) is 4.79 Å². The third-order valence-electron chi connectivity index (χ3n) is 5.74. The fraction of sp³-hybridized carbons (Fsp3) is 0.636. The summed E-state index contributed by atoms with van der Waals surface area (Å²) in [6.45, 7) is 13.2. The molecule has 1 saturated heterocycles. The summed E-state index contributed by atoms with van der Waals surface area (Å²) in [6.07, 6.45) is 2.01. The van der Waals surface area contributed by atoms with E-state index in [4.69, 9.17) is 9.73 Å². The summed E-state index contributed by atoms with van der Waals surface area (Å²) in [6, 6.07) is 8.33. The number of likely N-dealkylation sites (tertiary alicyclic amines) is 1. The van der Waals surface area contributed by atoms with Gasteiger partial charge in [-0.05, 0) is 45.0 Å². The van der Waals surface area contributed by atoms with Gasteiger partial charge in [0.2, 0.25) is 0 Å². The maximum absolute atomic E-state index is 12.3. The first kappa shape index (κ1) is 21.4. The smallest absolute Gasteiger partial charge is 0.265 e. The maximum Gasteiger partial charge on any atom is 0.265 e. The Morgan fingerprint density at radius 1 is 1.28 bits per heavy atom. The highest BCUT2D eigenvalue weighted by atomic mass is 16.5. The summed E-state index contributed by atoms with van der Waals surface area (Å²) < 4.78 is 5.52. The molecule has 1 aromatic rings. The number of carbonyl (C=O) groups is 1. The fourth-order valence-electron chi connectivity index (χ4n) is 4.21. The minimum absolute atomic E-state index is 0.0150. The highest BCUT2D eigenvalue weighted by Gasteiger charge is 2.28. The summed E-state index contributed by atoms with van der Waals surface area (Å²) in [7, 11) is 0. The van der Waals surface area contributed by atoms with Crippen LogP contribution >= 0.6 is 0 Å². The predicted octanol–water partition coefficient (Wildman–Crippen LogP) is 2.18. The minimum atomic E-state index is 0.0150. The van der Waals surface area contributed by atoms with E-state index in [1.807, 2.05) is 29.2 Å². The summed E-state index contributed by atoms with van der Waals surface area (Å²) in [5.74, 6) is 1.79. The quantitative estimate of drug-likeness (QED) is 0.411. The maximum atomic E-state index is 12.3. The summed E-state index contributed by atoms with van der Waals surface area (Å²) in [4.78, 5) is 23.9. The Bertz CT molecular complexity index is 704. The number of fused-ring (bicyclic) bond motifs is 1. The van der Waals surface area contributed by atoms with Gasteiger partial charge < -0.3 is 19.9 Å². The van der Waals surface area contributed by atoms with Gasteiger partial charge in [-0.15, -0.1) is 0 Å². The van der Waals surface area contributed by atoms with Gasteiger partial charge in [-0.1, -0.05) is 26.0 Å². The van der Waals surface area contributed by atoms with Gasteiger partial charge in [0.05, 0.1) is 5.69 Å². The van der Waals surface area contributed by atoms with Crippen LogP contribution in [0, 0.1) is 0 Å². The largest absolute Gasteiger partial charge is 0.482 e. The van der Waals surface area contributed by atoms with Crippen LogP contribution in [0.4, 0.5) is 5.69 Å². The van der Waals surface area contributed by atoms with Gasteiger partial charge in [0.1, 0.15) is 5.75 Å². The SMILES string of the molecule is CCNC(=NCCCN1C(=O)COc2ccccc21)N1CCC(N(CC)CC)C1. The van der Waals surface area contributed by atoms with Crippen LogP contribution < -0.4 is 15.0 Å². The Kier molecular flexibility index (Phi) is 7.75. The number of carbonyl (C=O) groups excluding carboxylic acids is 1. The molecule has 1 aromatic carbocycles. The number of nitrogens with zero attached hydrogens (tertiary/aromatic N) is 4. The number of hydrogen-bond acceptors (Lipinski definition) is 4. The van der Waals surface area contributed by atoms with E-state index in [0.717, 1.165) is 56.5 Å². The minimum Gasteiger partial charge on any atom is -0.482 e. The first-order valence-corrected chi connectivity index (χ1v) is 11.0. The normalized spacial score (nSPS) is 19.5. The molecule has 1 fully saturated rings. The van der Waals surface area contributed by atoms with E-state index in [1.54, 1.807) is 0 Å². The van der Waals surface area contributed by atoms with Crippen LogP contribution in [-0.4, -0.2) is 80.1 Å². The number of aliphatic imine (C=N–C) groups is 1. The summed E-state index contributed by atoms with van der Waals surface area (Å²) >= 11 is 0. The number of benzene rings is 1. The second-order valence-corrected chi connectivity index (χ2v) is 7.50. The lowest BCUT2D eigenvalue weighted by atomic mass is 10.2. The van der Waals surface area contributed by atoms with Gasteiger partial charge in [-0.25, -0.2) is 0 Å². The lowest BCUT2D eigenvalue weighted by molar-refractivity contribution is -0.121. The third kappa shape index (κ3) is 5.21. The molecule has 2 aliphatic heterocycles. The van der Waals surface area contributed by atoms with E-state index in [-0.39, 0.29) is 12.5 Å². The van der Waals surface area contributed by atoms with E-state index in [2.05, 4.69) is 35.9 Å². The van der Waals surface area contributed by atoms with Crippen molar-refractivity contribution in [3.63, 3.8) is 0 Å².